The van der Waals surface area contributed by atoms with Gasteiger partial charge in [0.1, 0.15) is 11.6 Å². The Bertz CT molecular complexity index is 273. The van der Waals surface area contributed by atoms with Crippen molar-refractivity contribution in [1.29, 1.82) is 0 Å². The molecule has 2 atom stereocenters. The highest BCUT2D eigenvalue weighted by atomic mass is 16.6. The molecule has 1 fully saturated rings. The Morgan fingerprint density at radius 3 is 2.61 bits per heavy atom. The fourth-order valence-electron chi connectivity index (χ4n) is 2.35. The van der Waals surface area contributed by atoms with Gasteiger partial charge in [0.25, 0.3) is 0 Å². The number of carbonyl (C=O) groups is 1. The number of unbranched alkanes of at least 4 members (excludes halogenated alkanes) is 1. The Hall–Kier alpha value is -0.610. The molecule has 0 spiro atoms. The minimum Gasteiger partial charge on any atom is -0.459 e. The normalized spacial score (nSPS) is 25.4. The van der Waals surface area contributed by atoms with Gasteiger partial charge in [-0.2, -0.15) is 0 Å². The lowest BCUT2D eigenvalue weighted by molar-refractivity contribution is -0.160. The third-order valence-electron chi connectivity index (χ3n) is 3.23. The van der Waals surface area contributed by atoms with Crippen LogP contribution in [0.5, 0.6) is 0 Å². The molecule has 0 bridgehead atoms. The molecule has 1 saturated heterocycles. The van der Waals surface area contributed by atoms with E-state index in [1.807, 2.05) is 20.8 Å². The maximum atomic E-state index is 12.2. The first-order chi connectivity index (χ1) is 8.37. The Morgan fingerprint density at radius 1 is 1.44 bits per heavy atom. The van der Waals surface area contributed by atoms with Gasteiger partial charge < -0.3 is 9.84 Å². The molecule has 0 amide bonds. The number of aliphatic hydroxyl groups excluding tert-OH is 1. The third-order valence-corrected chi connectivity index (χ3v) is 3.23. The summed E-state index contributed by atoms with van der Waals surface area (Å²) in [6.45, 7) is 9.68. The van der Waals surface area contributed by atoms with Crippen molar-refractivity contribution in [2.75, 3.05) is 19.7 Å². The van der Waals surface area contributed by atoms with Gasteiger partial charge in [0.2, 0.25) is 0 Å². The Morgan fingerprint density at radius 2 is 2.11 bits per heavy atom. The number of likely N-dealkylation sites (tertiary alicyclic amines) is 1. The zero-order valence-electron chi connectivity index (χ0n) is 12.1. The summed E-state index contributed by atoms with van der Waals surface area (Å²) >= 11 is 0. The highest BCUT2D eigenvalue weighted by molar-refractivity contribution is 5.76. The van der Waals surface area contributed by atoms with Crippen LogP contribution in [-0.2, 0) is 9.53 Å². The summed E-state index contributed by atoms with van der Waals surface area (Å²) in [7, 11) is 0. The molecular weight excluding hydrogens is 230 g/mol. The van der Waals surface area contributed by atoms with E-state index < -0.39 is 5.60 Å². The van der Waals surface area contributed by atoms with Gasteiger partial charge in [-0.05, 0) is 46.1 Å². The van der Waals surface area contributed by atoms with Gasteiger partial charge >= 0.3 is 5.97 Å². The Labute approximate surface area is 110 Å². The molecule has 1 N–H and O–H groups in total. The molecule has 4 heteroatoms. The predicted octanol–water partition coefficient (Wildman–Crippen LogP) is 1.81. The summed E-state index contributed by atoms with van der Waals surface area (Å²) < 4.78 is 5.46. The fourth-order valence-corrected chi connectivity index (χ4v) is 2.35. The second kappa shape index (κ2) is 6.53. The molecule has 1 aliphatic heterocycles. The van der Waals surface area contributed by atoms with Gasteiger partial charge in [-0.1, -0.05) is 13.3 Å². The van der Waals surface area contributed by atoms with Crippen LogP contribution in [0.4, 0.5) is 0 Å². The minimum atomic E-state index is -0.440. The third kappa shape index (κ3) is 4.58. The number of ether oxygens (including phenoxy) is 1. The molecule has 2 unspecified atom stereocenters. The van der Waals surface area contributed by atoms with Crippen LogP contribution < -0.4 is 0 Å². The second-order valence-corrected chi connectivity index (χ2v) is 6.18. The van der Waals surface area contributed by atoms with E-state index in [4.69, 9.17) is 4.74 Å². The largest absolute Gasteiger partial charge is 0.459 e. The molecule has 0 radical (unpaired) electrons. The van der Waals surface area contributed by atoms with E-state index in [1.165, 1.54) is 0 Å². The van der Waals surface area contributed by atoms with Crippen LogP contribution in [0.25, 0.3) is 0 Å². The average Bonchev–Trinajstić information content (AvgIpc) is 2.67. The van der Waals surface area contributed by atoms with E-state index in [1.54, 1.807) is 0 Å². The number of carbonyl (C=O) groups excluding carboxylic acids is 1. The van der Waals surface area contributed by atoms with Crippen molar-refractivity contribution in [3.8, 4) is 0 Å². The van der Waals surface area contributed by atoms with Crippen LogP contribution in [0.3, 0.4) is 0 Å². The van der Waals surface area contributed by atoms with Crippen LogP contribution in [0.15, 0.2) is 0 Å². The molecule has 18 heavy (non-hydrogen) atoms. The van der Waals surface area contributed by atoms with E-state index in [2.05, 4.69) is 11.8 Å². The first-order valence-electron chi connectivity index (χ1n) is 6.95. The van der Waals surface area contributed by atoms with Gasteiger partial charge in [0.15, 0.2) is 0 Å². The smallest absolute Gasteiger partial charge is 0.323 e. The van der Waals surface area contributed by atoms with Gasteiger partial charge in [-0.25, -0.2) is 0 Å². The topological polar surface area (TPSA) is 49.8 Å². The van der Waals surface area contributed by atoms with Gasteiger partial charge in [-0.15, -0.1) is 0 Å². The predicted molar refractivity (Wildman–Crippen MR) is 71.3 cm³/mol. The van der Waals surface area contributed by atoms with Crippen molar-refractivity contribution in [3.63, 3.8) is 0 Å². The van der Waals surface area contributed by atoms with E-state index in [0.29, 0.717) is 0 Å². The molecular formula is C14H27NO3. The number of nitrogens with zero attached hydrogens (tertiary/aromatic N) is 1. The number of rotatable bonds is 5. The lowest BCUT2D eigenvalue weighted by Gasteiger charge is -2.27. The van der Waals surface area contributed by atoms with Crippen molar-refractivity contribution in [2.45, 2.75) is 58.6 Å². The lowest BCUT2D eigenvalue weighted by Crippen LogP contribution is -2.40. The fraction of sp³-hybridized carbons (Fsp3) is 0.929. The van der Waals surface area contributed by atoms with Crippen molar-refractivity contribution in [3.05, 3.63) is 0 Å². The molecule has 106 valence electrons. The van der Waals surface area contributed by atoms with Gasteiger partial charge in [0.05, 0.1) is 0 Å². The van der Waals surface area contributed by atoms with Crippen LogP contribution in [-0.4, -0.2) is 47.3 Å². The number of hydrogen-bond donors (Lipinski definition) is 1. The molecule has 0 aliphatic carbocycles. The Kier molecular flexibility index (Phi) is 5.60. The SMILES string of the molecule is CCCCN1CC(CO)CC1C(=O)OC(C)(C)C. The molecule has 0 aromatic heterocycles. The maximum absolute atomic E-state index is 12.2. The zero-order chi connectivity index (χ0) is 13.8. The zero-order valence-corrected chi connectivity index (χ0v) is 12.1. The summed E-state index contributed by atoms with van der Waals surface area (Å²) in [6, 6.07) is -0.173. The average molecular weight is 257 g/mol. The highest BCUT2D eigenvalue weighted by Gasteiger charge is 2.38. The number of hydrogen-bond acceptors (Lipinski definition) is 4. The number of esters is 1. The van der Waals surface area contributed by atoms with E-state index in [-0.39, 0.29) is 24.5 Å². The highest BCUT2D eigenvalue weighted by Crippen LogP contribution is 2.25. The summed E-state index contributed by atoms with van der Waals surface area (Å²) in [4.78, 5) is 14.3. The van der Waals surface area contributed by atoms with Gasteiger partial charge in [0, 0.05) is 13.2 Å². The maximum Gasteiger partial charge on any atom is 0.323 e. The molecule has 4 nitrogen and oxygen atoms in total. The van der Waals surface area contributed by atoms with Crippen molar-refractivity contribution in [2.24, 2.45) is 5.92 Å². The van der Waals surface area contributed by atoms with E-state index in [0.717, 1.165) is 32.4 Å². The van der Waals surface area contributed by atoms with Crippen LogP contribution in [0, 0.1) is 5.92 Å². The second-order valence-electron chi connectivity index (χ2n) is 6.18. The first-order valence-corrected chi connectivity index (χ1v) is 6.95. The first kappa shape index (κ1) is 15.4. The van der Waals surface area contributed by atoms with Crippen LogP contribution >= 0.6 is 0 Å². The van der Waals surface area contributed by atoms with Crippen molar-refractivity contribution >= 4 is 5.97 Å². The number of aliphatic hydroxyl groups is 1. The Balaban J connectivity index is 2.61. The van der Waals surface area contributed by atoms with E-state index in [9.17, 15) is 9.90 Å². The summed E-state index contributed by atoms with van der Waals surface area (Å²) in [6.07, 6.45) is 2.91. The van der Waals surface area contributed by atoms with Crippen molar-refractivity contribution in [1.82, 2.24) is 4.90 Å². The summed E-state index contributed by atoms with van der Waals surface area (Å²) in [5.74, 6) is 0.0638. The standard InChI is InChI=1S/C14H27NO3/c1-5-6-7-15-9-11(10-16)8-12(15)13(17)18-14(2,3)4/h11-12,16H,5-10H2,1-4H3. The molecule has 0 saturated carbocycles. The quantitative estimate of drug-likeness (QED) is 0.763. The van der Waals surface area contributed by atoms with Crippen LogP contribution in [0.2, 0.25) is 0 Å². The minimum absolute atomic E-state index is 0.144. The monoisotopic (exact) mass is 257 g/mol. The molecule has 1 heterocycles. The molecule has 0 aromatic rings. The molecule has 1 aliphatic rings. The van der Waals surface area contributed by atoms with Crippen LogP contribution in [0.1, 0.15) is 47.0 Å². The summed E-state index contributed by atoms with van der Waals surface area (Å²) in [5, 5.41) is 9.26. The van der Waals surface area contributed by atoms with Gasteiger partial charge in [-0.3, -0.25) is 9.69 Å². The van der Waals surface area contributed by atoms with E-state index >= 15 is 0 Å². The molecule has 1 rings (SSSR count). The van der Waals surface area contributed by atoms with Crippen molar-refractivity contribution < 1.29 is 14.6 Å². The molecule has 0 aromatic carbocycles. The summed E-state index contributed by atoms with van der Waals surface area (Å²) in [5.41, 5.74) is -0.440. The lowest BCUT2D eigenvalue weighted by atomic mass is 10.1.